The number of benzene rings is 1. The molecule has 2 atom stereocenters. The summed E-state index contributed by atoms with van der Waals surface area (Å²) in [6.45, 7) is 3.46. The predicted octanol–water partition coefficient (Wildman–Crippen LogP) is 4.10. The lowest BCUT2D eigenvalue weighted by Crippen LogP contribution is -2.43. The summed E-state index contributed by atoms with van der Waals surface area (Å²) in [4.78, 5) is 2.72. The fourth-order valence-corrected chi connectivity index (χ4v) is 3.33. The Bertz CT molecular complexity index is 437. The Balaban J connectivity index is 1.84. The van der Waals surface area contributed by atoms with Crippen LogP contribution in [0.25, 0.3) is 0 Å². The molecule has 20 heavy (non-hydrogen) atoms. The lowest BCUT2D eigenvalue weighted by molar-refractivity contribution is 0.152. The molecule has 1 aromatic rings. The van der Waals surface area contributed by atoms with Crippen LogP contribution in [0.4, 0.5) is 0 Å². The van der Waals surface area contributed by atoms with Crippen LogP contribution in [-0.2, 0) is 0 Å². The van der Waals surface area contributed by atoms with Crippen LogP contribution in [-0.4, -0.2) is 23.5 Å². The van der Waals surface area contributed by atoms with E-state index < -0.39 is 0 Å². The highest BCUT2D eigenvalue weighted by Gasteiger charge is 2.39. The van der Waals surface area contributed by atoms with E-state index in [1.54, 1.807) is 0 Å². The maximum absolute atomic E-state index is 6.50. The molecule has 110 valence electrons. The molecule has 0 radical (unpaired) electrons. The molecule has 0 heterocycles. The second-order valence-corrected chi connectivity index (χ2v) is 7.36. The fraction of sp³-hybridized carbons (Fsp3) is 0.647. The van der Waals surface area contributed by atoms with Gasteiger partial charge in [0.05, 0.1) is 6.04 Å². The van der Waals surface area contributed by atoms with E-state index in [-0.39, 0.29) is 6.04 Å². The van der Waals surface area contributed by atoms with E-state index in [0.717, 1.165) is 22.9 Å². The molecule has 1 aromatic carbocycles. The molecule has 0 spiro atoms. The van der Waals surface area contributed by atoms with Gasteiger partial charge in [0.1, 0.15) is 0 Å². The molecular formula is C17H25BrN2. The molecule has 2 saturated carbocycles. The molecule has 0 aromatic heterocycles. The van der Waals surface area contributed by atoms with E-state index in [4.69, 9.17) is 5.73 Å². The molecule has 2 fully saturated rings. The quantitative estimate of drug-likeness (QED) is 0.812. The number of hydrogen-bond acceptors (Lipinski definition) is 2. The first kappa shape index (κ1) is 14.6. The van der Waals surface area contributed by atoms with Crippen LogP contribution >= 0.6 is 15.9 Å². The highest BCUT2D eigenvalue weighted by atomic mass is 79.9. The topological polar surface area (TPSA) is 29.3 Å². The molecule has 3 heteroatoms. The van der Waals surface area contributed by atoms with Crippen LogP contribution < -0.4 is 5.73 Å². The minimum atomic E-state index is 0.232. The van der Waals surface area contributed by atoms with Gasteiger partial charge in [-0.2, -0.15) is 0 Å². The summed E-state index contributed by atoms with van der Waals surface area (Å²) in [5, 5.41) is 0. The lowest BCUT2D eigenvalue weighted by atomic mass is 9.95. The molecular weight excluding hydrogens is 312 g/mol. The van der Waals surface area contributed by atoms with Gasteiger partial charge in [0.25, 0.3) is 0 Å². The summed E-state index contributed by atoms with van der Waals surface area (Å²) in [7, 11) is 0. The standard InChI is InChI=1S/C17H25BrN2/c1-2-16(19)17(13-5-7-14(18)8-6-13)20(15-9-10-15)11-12-3-4-12/h5-8,12,15-17H,2-4,9-11,19H2,1H3. The van der Waals surface area contributed by atoms with Gasteiger partial charge < -0.3 is 5.73 Å². The summed E-state index contributed by atoms with van der Waals surface area (Å²) in [6.07, 6.45) is 6.58. The maximum atomic E-state index is 6.50. The summed E-state index contributed by atoms with van der Waals surface area (Å²) >= 11 is 3.53. The largest absolute Gasteiger partial charge is 0.326 e. The van der Waals surface area contributed by atoms with Crippen molar-refractivity contribution in [2.45, 2.75) is 57.2 Å². The molecule has 2 aliphatic carbocycles. The van der Waals surface area contributed by atoms with E-state index in [0.29, 0.717) is 6.04 Å². The van der Waals surface area contributed by atoms with Gasteiger partial charge in [-0.05, 0) is 55.7 Å². The number of halogens is 1. The smallest absolute Gasteiger partial charge is 0.0502 e. The van der Waals surface area contributed by atoms with Crippen molar-refractivity contribution < 1.29 is 0 Å². The lowest BCUT2D eigenvalue weighted by Gasteiger charge is -2.36. The molecule has 2 aliphatic rings. The van der Waals surface area contributed by atoms with E-state index in [1.165, 1.54) is 37.8 Å². The van der Waals surface area contributed by atoms with Crippen molar-refractivity contribution in [2.75, 3.05) is 6.54 Å². The molecule has 0 saturated heterocycles. The predicted molar refractivity (Wildman–Crippen MR) is 87.6 cm³/mol. The minimum absolute atomic E-state index is 0.232. The Kier molecular flexibility index (Phi) is 4.49. The van der Waals surface area contributed by atoms with Crippen LogP contribution in [0.3, 0.4) is 0 Å². The molecule has 2 nitrogen and oxygen atoms in total. The van der Waals surface area contributed by atoms with Crippen molar-refractivity contribution >= 4 is 15.9 Å². The highest BCUT2D eigenvalue weighted by molar-refractivity contribution is 9.10. The summed E-state index contributed by atoms with van der Waals surface area (Å²) in [5.74, 6) is 0.928. The van der Waals surface area contributed by atoms with Gasteiger partial charge in [-0.1, -0.05) is 35.0 Å². The number of hydrogen-bond donors (Lipinski definition) is 1. The summed E-state index contributed by atoms with van der Waals surface area (Å²) in [6, 6.07) is 10.2. The second kappa shape index (κ2) is 6.17. The van der Waals surface area contributed by atoms with Crippen molar-refractivity contribution in [3.05, 3.63) is 34.3 Å². The second-order valence-electron chi connectivity index (χ2n) is 6.44. The zero-order chi connectivity index (χ0) is 14.1. The van der Waals surface area contributed by atoms with Gasteiger partial charge in [0.2, 0.25) is 0 Å². The van der Waals surface area contributed by atoms with Gasteiger partial charge in [0, 0.05) is 23.1 Å². The van der Waals surface area contributed by atoms with Crippen LogP contribution in [0.2, 0.25) is 0 Å². The van der Waals surface area contributed by atoms with Crippen LogP contribution in [0.5, 0.6) is 0 Å². The molecule has 2 N–H and O–H groups in total. The first-order valence-corrected chi connectivity index (χ1v) is 8.75. The van der Waals surface area contributed by atoms with Gasteiger partial charge in [-0.15, -0.1) is 0 Å². The number of rotatable bonds is 7. The monoisotopic (exact) mass is 336 g/mol. The Labute approximate surface area is 130 Å². The average Bonchev–Trinajstić information content (AvgIpc) is 3.32. The third-order valence-electron chi connectivity index (χ3n) is 4.63. The Morgan fingerprint density at radius 1 is 1.20 bits per heavy atom. The molecule has 3 rings (SSSR count). The SMILES string of the molecule is CCC(N)C(c1ccc(Br)cc1)N(CC1CC1)C1CC1. The Hall–Kier alpha value is -0.380. The van der Waals surface area contributed by atoms with Gasteiger partial charge in [-0.3, -0.25) is 4.90 Å². The van der Waals surface area contributed by atoms with Crippen LogP contribution in [0.1, 0.15) is 50.6 Å². The fourth-order valence-electron chi connectivity index (χ4n) is 3.06. The Morgan fingerprint density at radius 2 is 1.85 bits per heavy atom. The van der Waals surface area contributed by atoms with Crippen LogP contribution in [0.15, 0.2) is 28.7 Å². The normalized spacial score (nSPS) is 22.0. The van der Waals surface area contributed by atoms with Crippen molar-refractivity contribution in [1.29, 1.82) is 0 Å². The minimum Gasteiger partial charge on any atom is -0.326 e. The van der Waals surface area contributed by atoms with Crippen molar-refractivity contribution in [3.8, 4) is 0 Å². The zero-order valence-electron chi connectivity index (χ0n) is 12.3. The highest BCUT2D eigenvalue weighted by Crippen LogP contribution is 2.41. The number of nitrogens with zero attached hydrogens (tertiary/aromatic N) is 1. The van der Waals surface area contributed by atoms with Gasteiger partial charge >= 0.3 is 0 Å². The van der Waals surface area contributed by atoms with E-state index in [9.17, 15) is 0 Å². The van der Waals surface area contributed by atoms with Gasteiger partial charge in [0.15, 0.2) is 0 Å². The van der Waals surface area contributed by atoms with E-state index in [1.807, 2.05) is 0 Å². The van der Waals surface area contributed by atoms with Crippen molar-refractivity contribution in [2.24, 2.45) is 11.7 Å². The first-order chi connectivity index (χ1) is 9.69. The van der Waals surface area contributed by atoms with Crippen molar-refractivity contribution in [3.63, 3.8) is 0 Å². The maximum Gasteiger partial charge on any atom is 0.0502 e. The number of nitrogens with two attached hydrogens (primary N) is 1. The molecule has 0 bridgehead atoms. The molecule has 0 aliphatic heterocycles. The van der Waals surface area contributed by atoms with Crippen LogP contribution in [0, 0.1) is 5.92 Å². The van der Waals surface area contributed by atoms with E-state index >= 15 is 0 Å². The summed E-state index contributed by atoms with van der Waals surface area (Å²) in [5.41, 5.74) is 7.88. The Morgan fingerprint density at radius 3 is 2.35 bits per heavy atom. The zero-order valence-corrected chi connectivity index (χ0v) is 13.8. The van der Waals surface area contributed by atoms with Gasteiger partial charge in [-0.25, -0.2) is 0 Å². The third-order valence-corrected chi connectivity index (χ3v) is 5.16. The van der Waals surface area contributed by atoms with Crippen molar-refractivity contribution in [1.82, 2.24) is 4.90 Å². The first-order valence-electron chi connectivity index (χ1n) is 7.95. The summed E-state index contributed by atoms with van der Waals surface area (Å²) < 4.78 is 1.14. The third kappa shape index (κ3) is 3.44. The average molecular weight is 337 g/mol. The van der Waals surface area contributed by atoms with E-state index in [2.05, 4.69) is 52.0 Å². The molecule has 2 unspecified atom stereocenters. The molecule has 0 amide bonds.